The minimum atomic E-state index is 0.682. The number of hydrogen-bond acceptors (Lipinski definition) is 4. The largest absolute Gasteiger partial charge is 0.285 e. The van der Waals surface area contributed by atoms with E-state index in [2.05, 4.69) is 9.98 Å². The van der Waals surface area contributed by atoms with Crippen LogP contribution in [0.3, 0.4) is 0 Å². The third-order valence-electron chi connectivity index (χ3n) is 2.41. The van der Waals surface area contributed by atoms with E-state index in [1.807, 2.05) is 24.3 Å². The average Bonchev–Trinajstić information content (AvgIpc) is 2.73. The second kappa shape index (κ2) is 3.43. The first-order valence-electron chi connectivity index (χ1n) is 4.93. The van der Waals surface area contributed by atoms with E-state index in [0.29, 0.717) is 5.82 Å². The molecule has 0 aliphatic carbocycles. The zero-order valence-corrected chi connectivity index (χ0v) is 8.41. The lowest BCUT2D eigenvalue weighted by atomic mass is 10.2. The van der Waals surface area contributed by atoms with Crippen LogP contribution >= 0.6 is 0 Å². The summed E-state index contributed by atoms with van der Waals surface area (Å²) in [6.07, 6.45) is 6.65. The summed E-state index contributed by atoms with van der Waals surface area (Å²) in [5.74, 6) is 0.682. The first-order valence-corrected chi connectivity index (χ1v) is 4.93. The van der Waals surface area contributed by atoms with E-state index in [4.69, 9.17) is 5.21 Å². The van der Waals surface area contributed by atoms with E-state index >= 15 is 0 Å². The molecule has 4 nitrogen and oxygen atoms in total. The maximum Gasteiger partial charge on any atom is 0.160 e. The minimum Gasteiger partial charge on any atom is -0.285 e. The Hall–Kier alpha value is -2.20. The van der Waals surface area contributed by atoms with E-state index in [1.54, 1.807) is 24.6 Å². The molecule has 3 rings (SSSR count). The van der Waals surface area contributed by atoms with Gasteiger partial charge in [-0.3, -0.25) is 5.21 Å². The van der Waals surface area contributed by atoms with Gasteiger partial charge in [0.15, 0.2) is 5.82 Å². The second-order valence-electron chi connectivity index (χ2n) is 3.50. The third-order valence-corrected chi connectivity index (χ3v) is 2.41. The fourth-order valence-electron chi connectivity index (χ4n) is 1.60. The Kier molecular flexibility index (Phi) is 1.94. The Morgan fingerprint density at radius 3 is 2.06 bits per heavy atom. The first kappa shape index (κ1) is 9.06. The van der Waals surface area contributed by atoms with E-state index in [-0.39, 0.29) is 0 Å². The molecule has 0 atom stereocenters. The van der Waals surface area contributed by atoms with Crippen molar-refractivity contribution in [2.24, 2.45) is 9.98 Å². The van der Waals surface area contributed by atoms with Gasteiger partial charge in [0, 0.05) is 18.0 Å². The Labute approximate surface area is 91.8 Å². The van der Waals surface area contributed by atoms with Crippen molar-refractivity contribution in [2.45, 2.75) is 0 Å². The van der Waals surface area contributed by atoms with Crippen LogP contribution in [-0.4, -0.2) is 10.3 Å². The summed E-state index contributed by atoms with van der Waals surface area (Å²) in [6, 6.07) is 7.74. The molecule has 2 aliphatic rings. The van der Waals surface area contributed by atoms with E-state index in [1.165, 1.54) is 0 Å². The molecule has 1 aromatic carbocycles. The molecule has 0 amide bonds. The van der Waals surface area contributed by atoms with Gasteiger partial charge in [0.2, 0.25) is 0 Å². The molecule has 1 N–H and O–H groups in total. The molecular weight excluding hydrogens is 202 g/mol. The fraction of sp³-hybridized carbons (Fsp3) is 0. The summed E-state index contributed by atoms with van der Waals surface area (Å²) >= 11 is 0. The van der Waals surface area contributed by atoms with Crippen molar-refractivity contribution in [3.05, 3.63) is 70.9 Å². The lowest BCUT2D eigenvalue weighted by Gasteiger charge is -2.09. The van der Waals surface area contributed by atoms with Gasteiger partial charge < -0.3 is 0 Å². The number of nitrogens with zero attached hydrogens (tertiary/aromatic N) is 3. The number of hydrogen-bond donors (Lipinski definition) is 1. The molecule has 0 spiro atoms. The fourth-order valence-corrected chi connectivity index (χ4v) is 1.60. The molecule has 0 aromatic heterocycles. The third kappa shape index (κ3) is 1.45. The van der Waals surface area contributed by atoms with Gasteiger partial charge in [0.05, 0.1) is 10.7 Å². The Balaban J connectivity index is 2.14. The lowest BCUT2D eigenvalue weighted by molar-refractivity contribution is 0.0105. The topological polar surface area (TPSA) is 48.2 Å². The predicted molar refractivity (Wildman–Crippen MR) is 57.7 cm³/mol. The van der Waals surface area contributed by atoms with Gasteiger partial charge in [-0.1, -0.05) is 12.1 Å². The molecule has 0 radical (unpaired) electrons. The lowest BCUT2D eigenvalue weighted by Crippen LogP contribution is -2.19. The van der Waals surface area contributed by atoms with Gasteiger partial charge in [-0.05, 0) is 24.3 Å². The highest BCUT2D eigenvalue weighted by Crippen LogP contribution is 2.15. The second-order valence-corrected chi connectivity index (χ2v) is 3.50. The van der Waals surface area contributed by atoms with Crippen molar-refractivity contribution in [3.63, 3.8) is 0 Å². The molecule has 0 bridgehead atoms. The van der Waals surface area contributed by atoms with Crippen molar-refractivity contribution < 1.29 is 5.21 Å². The van der Waals surface area contributed by atoms with E-state index in [9.17, 15) is 0 Å². The van der Waals surface area contributed by atoms with E-state index in [0.717, 1.165) is 21.4 Å². The summed E-state index contributed by atoms with van der Waals surface area (Å²) < 4.78 is 0. The first-order chi connectivity index (χ1) is 7.83. The van der Waals surface area contributed by atoms with Gasteiger partial charge in [-0.2, -0.15) is 0 Å². The zero-order valence-electron chi connectivity index (χ0n) is 8.41. The summed E-state index contributed by atoms with van der Waals surface area (Å²) in [4.78, 5) is 8.82. The molecule has 2 heterocycles. The predicted octanol–water partition coefficient (Wildman–Crippen LogP) is 0.883. The van der Waals surface area contributed by atoms with Crippen LogP contribution in [0.1, 0.15) is 0 Å². The zero-order chi connectivity index (χ0) is 11.0. The summed E-state index contributed by atoms with van der Waals surface area (Å²) in [5.41, 5.74) is 0.890. The molecule has 0 saturated heterocycles. The number of benzene rings is 1. The normalized spacial score (nSPS) is 17.2. The summed E-state index contributed by atoms with van der Waals surface area (Å²) in [7, 11) is 0. The number of rotatable bonds is 0. The SMILES string of the molecule is ON1C=CC(=C2N=c3ccccc3=N2)C=C1. The van der Waals surface area contributed by atoms with Gasteiger partial charge >= 0.3 is 0 Å². The van der Waals surface area contributed by atoms with Crippen molar-refractivity contribution in [1.29, 1.82) is 0 Å². The number of allylic oxidation sites excluding steroid dienone is 3. The standard InChI is InChI=1S/C12H9N3O/c16-15-7-5-9(6-8-15)12-13-10-3-1-2-4-11(10)14-12/h1-8,16H. The van der Waals surface area contributed by atoms with Crippen LogP contribution in [0.15, 0.2) is 70.2 Å². The van der Waals surface area contributed by atoms with Gasteiger partial charge in [-0.15, -0.1) is 0 Å². The van der Waals surface area contributed by atoms with Crippen molar-refractivity contribution in [2.75, 3.05) is 0 Å². The van der Waals surface area contributed by atoms with E-state index < -0.39 is 0 Å². The van der Waals surface area contributed by atoms with Gasteiger partial charge in [0.1, 0.15) is 0 Å². The molecule has 2 aliphatic heterocycles. The summed E-state index contributed by atoms with van der Waals surface area (Å²) in [6.45, 7) is 0. The molecule has 16 heavy (non-hydrogen) atoms. The molecule has 0 saturated carbocycles. The van der Waals surface area contributed by atoms with Crippen molar-refractivity contribution >= 4 is 0 Å². The molecule has 78 valence electrons. The highest BCUT2D eigenvalue weighted by Gasteiger charge is 2.07. The molecule has 4 heteroatoms. The highest BCUT2D eigenvalue weighted by molar-refractivity contribution is 5.38. The van der Waals surface area contributed by atoms with Crippen LogP contribution in [0.2, 0.25) is 0 Å². The molecule has 0 fully saturated rings. The maximum atomic E-state index is 9.12. The monoisotopic (exact) mass is 211 g/mol. The average molecular weight is 211 g/mol. The Morgan fingerprint density at radius 1 is 0.938 bits per heavy atom. The van der Waals surface area contributed by atoms with Gasteiger partial charge in [-0.25, -0.2) is 15.0 Å². The van der Waals surface area contributed by atoms with Crippen LogP contribution in [0.4, 0.5) is 0 Å². The molecular formula is C12H9N3O. The summed E-state index contributed by atoms with van der Waals surface area (Å²) in [5, 5.41) is 11.9. The Morgan fingerprint density at radius 2 is 1.50 bits per heavy atom. The minimum absolute atomic E-state index is 0.682. The van der Waals surface area contributed by atoms with Crippen LogP contribution in [0, 0.1) is 0 Å². The number of fused-ring (bicyclic) bond motifs is 1. The van der Waals surface area contributed by atoms with Crippen LogP contribution < -0.4 is 10.7 Å². The van der Waals surface area contributed by atoms with Gasteiger partial charge in [0.25, 0.3) is 0 Å². The maximum absolute atomic E-state index is 9.12. The van der Waals surface area contributed by atoms with Crippen LogP contribution in [0.5, 0.6) is 0 Å². The molecule has 1 aromatic rings. The smallest absolute Gasteiger partial charge is 0.160 e. The number of hydroxylamine groups is 2. The highest BCUT2D eigenvalue weighted by atomic mass is 16.5. The number of para-hydroxylation sites is 2. The van der Waals surface area contributed by atoms with Crippen molar-refractivity contribution in [3.8, 4) is 0 Å². The molecule has 0 unspecified atom stereocenters. The van der Waals surface area contributed by atoms with Crippen LogP contribution in [-0.2, 0) is 0 Å². The van der Waals surface area contributed by atoms with Crippen molar-refractivity contribution in [1.82, 2.24) is 5.06 Å². The van der Waals surface area contributed by atoms with Crippen LogP contribution in [0.25, 0.3) is 0 Å². The Bertz CT molecular complexity index is 587. The quantitative estimate of drug-likeness (QED) is 0.692.